The van der Waals surface area contributed by atoms with Gasteiger partial charge < -0.3 is 4.98 Å². The Bertz CT molecular complexity index is 396. The summed E-state index contributed by atoms with van der Waals surface area (Å²) in [5.41, 5.74) is 0.658. The topological polar surface area (TPSA) is 39.6 Å². The zero-order valence-corrected chi connectivity index (χ0v) is 10.2. The Hall–Kier alpha value is -0.0800. The fourth-order valence-corrected chi connectivity index (χ4v) is 3.65. The first kappa shape index (κ1) is 12.0. The van der Waals surface area contributed by atoms with Crippen LogP contribution in [0.3, 0.4) is 0 Å². The van der Waals surface area contributed by atoms with Gasteiger partial charge >= 0.3 is 0 Å². The summed E-state index contributed by atoms with van der Waals surface area (Å²) in [5.74, 6) is 0. The molecule has 14 heavy (non-hydrogen) atoms. The summed E-state index contributed by atoms with van der Waals surface area (Å²) in [4.78, 5) is 2.98. The maximum Gasteiger partial charge on any atom is 0.148 e. The Kier molecular flexibility index (Phi) is 3.59. The van der Waals surface area contributed by atoms with Gasteiger partial charge in [0, 0.05) is 5.69 Å². The van der Waals surface area contributed by atoms with Gasteiger partial charge in [0.25, 0.3) is 0 Å². The van der Waals surface area contributed by atoms with Crippen LogP contribution < -0.4 is 0 Å². The Morgan fingerprint density at radius 2 is 2.14 bits per heavy atom. The number of H-pyrrole nitrogens is 1. The first-order valence-electron chi connectivity index (χ1n) is 3.48. The summed E-state index contributed by atoms with van der Waals surface area (Å²) in [6, 6.07) is 0.944. The highest BCUT2D eigenvalue weighted by Gasteiger charge is 2.29. The molecule has 0 fully saturated rings. The number of hydrogen-bond acceptors (Lipinski definition) is 1. The van der Waals surface area contributed by atoms with E-state index in [0.717, 1.165) is 0 Å². The summed E-state index contributed by atoms with van der Waals surface area (Å²) < 4.78 is 12.6. The molecule has 0 saturated heterocycles. The number of halogens is 4. The first-order valence-corrected chi connectivity index (χ1v) is 7.31. The van der Waals surface area contributed by atoms with E-state index in [2.05, 4.69) is 4.98 Å². The second-order valence-corrected chi connectivity index (χ2v) is 8.35. The van der Waals surface area contributed by atoms with Crippen molar-refractivity contribution in [2.75, 3.05) is 6.01 Å². The summed E-state index contributed by atoms with van der Waals surface area (Å²) in [6.45, 7) is 1.64. The SMILES string of the molecule is Cc1[nH]c(Cl)c(C#N)c1S(Cl)(Cl)CF. The monoisotopic (exact) mass is 274 g/mol. The lowest BCUT2D eigenvalue weighted by Gasteiger charge is -2.20. The lowest BCUT2D eigenvalue weighted by molar-refractivity contribution is 0.603. The minimum atomic E-state index is -2.61. The van der Waals surface area contributed by atoms with E-state index in [1.54, 1.807) is 6.92 Å². The molecule has 1 aromatic heterocycles. The molecule has 0 radical (unpaired) electrons. The van der Waals surface area contributed by atoms with Crippen LogP contribution in [-0.4, -0.2) is 11.0 Å². The maximum absolute atomic E-state index is 12.6. The third kappa shape index (κ3) is 1.96. The van der Waals surface area contributed by atoms with Gasteiger partial charge in [0.15, 0.2) is 0 Å². The number of nitriles is 1. The van der Waals surface area contributed by atoms with Crippen LogP contribution in [0.4, 0.5) is 4.39 Å². The molecule has 0 aliphatic heterocycles. The zero-order chi connectivity index (χ0) is 10.9. The number of aromatic amines is 1. The standard InChI is InChI=1S/C7H6Cl3FN2S/c1-4-6(14(9,10)3-11)5(2-12)7(8)13-4/h13H,3H2,1H3. The average molecular weight is 276 g/mol. The molecular formula is C7H6Cl3FN2S. The molecular weight excluding hydrogens is 270 g/mol. The van der Waals surface area contributed by atoms with Crippen LogP contribution in [0.25, 0.3) is 0 Å². The van der Waals surface area contributed by atoms with Crippen LogP contribution in [0.2, 0.25) is 5.15 Å². The van der Waals surface area contributed by atoms with Crippen molar-refractivity contribution in [2.24, 2.45) is 0 Å². The van der Waals surface area contributed by atoms with Crippen LogP contribution in [-0.2, 0) is 0 Å². The molecule has 78 valence electrons. The number of rotatable bonds is 2. The van der Waals surface area contributed by atoms with Gasteiger partial charge in [0.1, 0.15) is 22.8 Å². The Labute approximate surface area is 96.3 Å². The molecule has 0 unspecified atom stereocenters. The highest BCUT2D eigenvalue weighted by molar-refractivity contribution is 8.65. The third-order valence-electron chi connectivity index (χ3n) is 1.63. The molecule has 1 N–H and O–H groups in total. The van der Waals surface area contributed by atoms with Crippen molar-refractivity contribution in [2.45, 2.75) is 11.8 Å². The van der Waals surface area contributed by atoms with E-state index in [4.69, 9.17) is 38.2 Å². The number of hydrogen-bond donors (Lipinski definition) is 1. The summed E-state index contributed by atoms with van der Waals surface area (Å²) in [5, 5.41) is 8.94. The highest BCUT2D eigenvalue weighted by atomic mass is 36.0. The van der Waals surface area contributed by atoms with Crippen molar-refractivity contribution >= 4 is 41.4 Å². The minimum Gasteiger partial charge on any atom is -0.348 e. The van der Waals surface area contributed by atoms with Gasteiger partial charge in [0.2, 0.25) is 0 Å². The first-order chi connectivity index (χ1) is 6.44. The molecule has 0 aromatic carbocycles. The van der Waals surface area contributed by atoms with E-state index >= 15 is 0 Å². The smallest absolute Gasteiger partial charge is 0.148 e. The van der Waals surface area contributed by atoms with Gasteiger partial charge in [0.05, 0.1) is 4.90 Å². The largest absolute Gasteiger partial charge is 0.348 e. The second-order valence-electron chi connectivity index (χ2n) is 2.56. The second kappa shape index (κ2) is 4.19. The van der Waals surface area contributed by atoms with Crippen molar-refractivity contribution in [3.63, 3.8) is 0 Å². The summed E-state index contributed by atoms with van der Waals surface area (Å²) in [7, 11) is 8.97. The van der Waals surface area contributed by atoms with Gasteiger partial charge in [-0.1, -0.05) is 11.6 Å². The highest BCUT2D eigenvalue weighted by Crippen LogP contribution is 2.67. The number of aryl methyl sites for hydroxylation is 1. The van der Waals surface area contributed by atoms with Crippen molar-refractivity contribution < 1.29 is 4.39 Å². The number of nitrogens with zero attached hydrogens (tertiary/aromatic N) is 1. The average Bonchev–Trinajstić information content (AvgIpc) is 2.40. The lowest BCUT2D eigenvalue weighted by atomic mass is 10.3. The van der Waals surface area contributed by atoms with Crippen LogP contribution in [0.5, 0.6) is 0 Å². The number of aromatic nitrogens is 1. The van der Waals surface area contributed by atoms with Gasteiger partial charge in [-0.25, -0.2) is 4.39 Å². The molecule has 1 rings (SSSR count). The van der Waals surface area contributed by atoms with Crippen LogP contribution in [0, 0.1) is 18.3 Å². The van der Waals surface area contributed by atoms with Gasteiger partial charge in [-0.2, -0.15) is 5.26 Å². The van der Waals surface area contributed by atoms with Crippen LogP contribution >= 0.6 is 41.4 Å². The lowest BCUT2D eigenvalue weighted by Crippen LogP contribution is -1.90. The fourth-order valence-electron chi connectivity index (χ4n) is 1.10. The number of alkyl halides is 1. The maximum atomic E-state index is 12.6. The van der Waals surface area contributed by atoms with E-state index in [-0.39, 0.29) is 15.6 Å². The van der Waals surface area contributed by atoms with Crippen molar-refractivity contribution in [1.82, 2.24) is 4.98 Å². The van der Waals surface area contributed by atoms with Crippen molar-refractivity contribution in [1.29, 1.82) is 5.26 Å². The molecule has 0 atom stereocenters. The number of nitrogens with one attached hydrogen (secondary N) is 1. The molecule has 1 heterocycles. The van der Waals surface area contributed by atoms with Gasteiger partial charge in [-0.3, -0.25) is 0 Å². The normalized spacial score (nSPS) is 12.6. The Morgan fingerprint density at radius 3 is 2.57 bits per heavy atom. The summed E-state index contributed by atoms with van der Waals surface area (Å²) >= 11 is 5.71. The minimum absolute atomic E-state index is 0.127. The molecule has 0 aliphatic carbocycles. The Morgan fingerprint density at radius 1 is 1.57 bits per heavy atom. The molecule has 0 aliphatic rings. The van der Waals surface area contributed by atoms with E-state index in [1.165, 1.54) is 0 Å². The van der Waals surface area contributed by atoms with E-state index in [0.29, 0.717) is 5.69 Å². The quantitative estimate of drug-likeness (QED) is 0.861. The van der Waals surface area contributed by atoms with Crippen molar-refractivity contribution in [3.05, 3.63) is 16.4 Å². The van der Waals surface area contributed by atoms with Gasteiger partial charge in [-0.05, 0) is 36.7 Å². The van der Waals surface area contributed by atoms with E-state index < -0.39 is 14.5 Å². The predicted octanol–water partition coefficient (Wildman–Crippen LogP) is 4.25. The van der Waals surface area contributed by atoms with Crippen LogP contribution in [0.1, 0.15) is 11.3 Å². The van der Waals surface area contributed by atoms with Crippen molar-refractivity contribution in [3.8, 4) is 6.07 Å². The predicted molar refractivity (Wildman–Crippen MR) is 58.8 cm³/mol. The molecule has 2 nitrogen and oxygen atoms in total. The molecule has 1 aromatic rings. The Balaban J connectivity index is 3.41. The fraction of sp³-hybridized carbons (Fsp3) is 0.286. The zero-order valence-electron chi connectivity index (χ0n) is 7.07. The molecule has 7 heteroatoms. The van der Waals surface area contributed by atoms with Gasteiger partial charge in [-0.15, -0.1) is 0 Å². The molecule has 0 saturated carbocycles. The van der Waals surface area contributed by atoms with E-state index in [9.17, 15) is 4.39 Å². The molecule has 0 amide bonds. The van der Waals surface area contributed by atoms with Crippen LogP contribution in [0.15, 0.2) is 4.90 Å². The third-order valence-corrected chi connectivity index (χ3v) is 4.72. The molecule has 0 spiro atoms. The van der Waals surface area contributed by atoms with E-state index in [1.807, 2.05) is 6.07 Å². The summed E-state index contributed by atoms with van der Waals surface area (Å²) in [6.07, 6.45) is 0. The molecule has 0 bridgehead atoms.